The van der Waals surface area contributed by atoms with Crippen molar-refractivity contribution in [1.82, 2.24) is 0 Å². The normalized spacial score (nSPS) is 10.3. The van der Waals surface area contributed by atoms with Crippen LogP contribution in [0.15, 0.2) is 36.4 Å². The minimum absolute atomic E-state index is 0.129. The summed E-state index contributed by atoms with van der Waals surface area (Å²) in [5.41, 5.74) is 0.505. The van der Waals surface area contributed by atoms with Gasteiger partial charge >= 0.3 is 0 Å². The molecule has 1 N–H and O–H groups in total. The van der Waals surface area contributed by atoms with Crippen LogP contribution in [0, 0.1) is 11.6 Å². The Bertz CT molecular complexity index is 553. The number of phenols is 1. The minimum Gasteiger partial charge on any atom is -0.507 e. The third kappa shape index (κ3) is 2.20. The van der Waals surface area contributed by atoms with E-state index in [0.717, 1.165) is 12.1 Å². The van der Waals surface area contributed by atoms with E-state index in [1.807, 2.05) is 0 Å². The molecule has 0 amide bonds. The summed E-state index contributed by atoms with van der Waals surface area (Å²) < 4.78 is 31.3. The lowest BCUT2D eigenvalue weighted by molar-refractivity contribution is 0.414. The highest BCUT2D eigenvalue weighted by atomic mass is 19.1. The molecule has 0 saturated heterocycles. The molecule has 88 valence electrons. The first kappa shape index (κ1) is 11.4. The van der Waals surface area contributed by atoms with Crippen molar-refractivity contribution >= 4 is 0 Å². The van der Waals surface area contributed by atoms with Crippen LogP contribution in [0.1, 0.15) is 0 Å². The van der Waals surface area contributed by atoms with Gasteiger partial charge in [-0.3, -0.25) is 0 Å². The molecule has 0 aliphatic carbocycles. The van der Waals surface area contributed by atoms with Crippen LogP contribution in [-0.2, 0) is 0 Å². The molecule has 4 heteroatoms. The number of methoxy groups -OCH3 is 1. The van der Waals surface area contributed by atoms with Crippen molar-refractivity contribution in [3.05, 3.63) is 48.0 Å². The van der Waals surface area contributed by atoms with Crippen LogP contribution in [0.25, 0.3) is 11.1 Å². The zero-order valence-corrected chi connectivity index (χ0v) is 9.08. The predicted molar refractivity (Wildman–Crippen MR) is 60.0 cm³/mol. The summed E-state index contributed by atoms with van der Waals surface area (Å²) in [5, 5.41) is 9.65. The molecule has 0 spiro atoms. The molecule has 2 rings (SSSR count). The number of rotatable bonds is 2. The van der Waals surface area contributed by atoms with Crippen molar-refractivity contribution in [2.75, 3.05) is 7.11 Å². The molecule has 2 aromatic carbocycles. The summed E-state index contributed by atoms with van der Waals surface area (Å²) in [4.78, 5) is 0. The van der Waals surface area contributed by atoms with E-state index in [0.29, 0.717) is 11.3 Å². The van der Waals surface area contributed by atoms with Crippen molar-refractivity contribution in [1.29, 1.82) is 0 Å². The van der Waals surface area contributed by atoms with Crippen LogP contribution < -0.4 is 4.74 Å². The number of hydrogen-bond acceptors (Lipinski definition) is 2. The second-order valence-corrected chi connectivity index (χ2v) is 3.51. The molecular formula is C13H10F2O2. The summed E-state index contributed by atoms with van der Waals surface area (Å²) in [6.07, 6.45) is 0. The van der Waals surface area contributed by atoms with Gasteiger partial charge in [0, 0.05) is 11.1 Å². The molecule has 0 heterocycles. The van der Waals surface area contributed by atoms with Crippen molar-refractivity contribution in [3.8, 4) is 22.6 Å². The van der Waals surface area contributed by atoms with Crippen LogP contribution in [-0.4, -0.2) is 12.2 Å². The predicted octanol–water partition coefficient (Wildman–Crippen LogP) is 3.35. The lowest BCUT2D eigenvalue weighted by Gasteiger charge is -2.10. The first-order valence-corrected chi connectivity index (χ1v) is 4.94. The van der Waals surface area contributed by atoms with E-state index in [-0.39, 0.29) is 11.3 Å². The molecule has 17 heavy (non-hydrogen) atoms. The van der Waals surface area contributed by atoms with Gasteiger partial charge in [-0.25, -0.2) is 8.78 Å². The largest absolute Gasteiger partial charge is 0.507 e. The Morgan fingerprint density at radius 1 is 0.941 bits per heavy atom. The van der Waals surface area contributed by atoms with E-state index in [2.05, 4.69) is 0 Å². The Labute approximate surface area is 97.1 Å². The summed E-state index contributed by atoms with van der Waals surface area (Å²) in [6.45, 7) is 0. The van der Waals surface area contributed by atoms with Gasteiger partial charge < -0.3 is 9.84 Å². The molecule has 2 nitrogen and oxygen atoms in total. The molecule has 0 bridgehead atoms. The molecule has 0 unspecified atom stereocenters. The number of hydrogen-bond donors (Lipinski definition) is 1. The Morgan fingerprint density at radius 3 is 2.18 bits per heavy atom. The minimum atomic E-state index is -0.510. The third-order valence-corrected chi connectivity index (χ3v) is 2.41. The van der Waals surface area contributed by atoms with Crippen LogP contribution in [0.5, 0.6) is 11.5 Å². The molecule has 0 aliphatic rings. The highest BCUT2D eigenvalue weighted by Crippen LogP contribution is 2.36. The molecule has 0 aliphatic heterocycles. The van der Waals surface area contributed by atoms with Gasteiger partial charge in [-0.05, 0) is 36.4 Å². The highest BCUT2D eigenvalue weighted by molar-refractivity contribution is 5.75. The smallest absolute Gasteiger partial charge is 0.127 e. The van der Waals surface area contributed by atoms with Gasteiger partial charge in [0.1, 0.15) is 23.1 Å². The standard InChI is InChI=1S/C13H10F2O2/c1-17-13-5-3-9(15)7-11(13)10-6-8(14)2-4-12(10)16/h2-7,16H,1H3. The van der Waals surface area contributed by atoms with E-state index >= 15 is 0 Å². The fourth-order valence-corrected chi connectivity index (χ4v) is 1.61. The number of halogens is 2. The van der Waals surface area contributed by atoms with E-state index in [9.17, 15) is 13.9 Å². The molecule has 0 aromatic heterocycles. The Hall–Kier alpha value is -2.10. The van der Waals surface area contributed by atoms with Gasteiger partial charge in [0.25, 0.3) is 0 Å². The zero-order valence-electron chi connectivity index (χ0n) is 9.08. The number of ether oxygens (including phenoxy) is 1. The van der Waals surface area contributed by atoms with Gasteiger partial charge in [0.05, 0.1) is 7.11 Å². The van der Waals surface area contributed by atoms with Gasteiger partial charge in [-0.2, -0.15) is 0 Å². The molecule has 0 fully saturated rings. The fraction of sp³-hybridized carbons (Fsp3) is 0.0769. The Kier molecular flexibility index (Phi) is 2.95. The molecule has 0 radical (unpaired) electrons. The van der Waals surface area contributed by atoms with Crippen LogP contribution in [0.2, 0.25) is 0 Å². The second-order valence-electron chi connectivity index (χ2n) is 3.51. The molecule has 0 saturated carbocycles. The maximum absolute atomic E-state index is 13.2. The van der Waals surface area contributed by atoms with E-state index < -0.39 is 11.6 Å². The molecule has 2 aromatic rings. The van der Waals surface area contributed by atoms with E-state index in [1.54, 1.807) is 0 Å². The first-order chi connectivity index (χ1) is 8.11. The van der Waals surface area contributed by atoms with Crippen LogP contribution in [0.3, 0.4) is 0 Å². The average molecular weight is 236 g/mol. The monoisotopic (exact) mass is 236 g/mol. The summed E-state index contributed by atoms with van der Waals surface area (Å²) in [5.74, 6) is -0.754. The van der Waals surface area contributed by atoms with E-state index in [1.165, 1.54) is 31.4 Å². The van der Waals surface area contributed by atoms with Crippen molar-refractivity contribution in [3.63, 3.8) is 0 Å². The molecular weight excluding hydrogens is 226 g/mol. The lowest BCUT2D eigenvalue weighted by atomic mass is 10.0. The maximum Gasteiger partial charge on any atom is 0.127 e. The van der Waals surface area contributed by atoms with Gasteiger partial charge in [0.2, 0.25) is 0 Å². The average Bonchev–Trinajstić information content (AvgIpc) is 2.32. The van der Waals surface area contributed by atoms with Gasteiger partial charge in [-0.15, -0.1) is 0 Å². The van der Waals surface area contributed by atoms with Crippen molar-refractivity contribution in [2.24, 2.45) is 0 Å². The summed E-state index contributed by atoms with van der Waals surface area (Å²) in [6, 6.07) is 7.33. The van der Waals surface area contributed by atoms with Gasteiger partial charge in [-0.1, -0.05) is 0 Å². The lowest BCUT2D eigenvalue weighted by Crippen LogP contribution is -1.90. The Morgan fingerprint density at radius 2 is 1.53 bits per heavy atom. The van der Waals surface area contributed by atoms with Crippen LogP contribution >= 0.6 is 0 Å². The van der Waals surface area contributed by atoms with Crippen molar-refractivity contribution in [2.45, 2.75) is 0 Å². The topological polar surface area (TPSA) is 29.5 Å². The summed E-state index contributed by atoms with van der Waals surface area (Å²) >= 11 is 0. The number of benzene rings is 2. The second kappa shape index (κ2) is 4.41. The quantitative estimate of drug-likeness (QED) is 0.866. The Balaban J connectivity index is 2.66. The fourth-order valence-electron chi connectivity index (χ4n) is 1.61. The number of aromatic hydroxyl groups is 1. The first-order valence-electron chi connectivity index (χ1n) is 4.94. The number of phenolic OH excluding ortho intramolecular Hbond substituents is 1. The van der Waals surface area contributed by atoms with Gasteiger partial charge in [0.15, 0.2) is 0 Å². The van der Waals surface area contributed by atoms with E-state index in [4.69, 9.17) is 4.74 Å². The van der Waals surface area contributed by atoms with Crippen LogP contribution in [0.4, 0.5) is 8.78 Å². The SMILES string of the molecule is COc1ccc(F)cc1-c1cc(F)ccc1O. The molecule has 0 atom stereocenters. The maximum atomic E-state index is 13.2. The third-order valence-electron chi connectivity index (χ3n) is 2.41. The summed E-state index contributed by atoms with van der Waals surface area (Å²) in [7, 11) is 1.42. The zero-order chi connectivity index (χ0) is 12.4. The highest BCUT2D eigenvalue weighted by Gasteiger charge is 2.12. The van der Waals surface area contributed by atoms with Crippen molar-refractivity contribution < 1.29 is 18.6 Å².